The van der Waals surface area contributed by atoms with E-state index in [1.807, 2.05) is 56.3 Å². The number of anilines is 1. The number of carbonyl (C=O) groups excluding carboxylic acids is 2. The highest BCUT2D eigenvalue weighted by Gasteiger charge is 2.26. The molecule has 2 N–H and O–H groups in total. The highest BCUT2D eigenvalue weighted by molar-refractivity contribution is 7.18. The van der Waals surface area contributed by atoms with Crippen molar-refractivity contribution in [2.75, 3.05) is 5.32 Å². The van der Waals surface area contributed by atoms with Gasteiger partial charge in [-0.15, -0.1) is 10.2 Å². The van der Waals surface area contributed by atoms with Gasteiger partial charge in [0.05, 0.1) is 0 Å². The van der Waals surface area contributed by atoms with Gasteiger partial charge in [0.15, 0.2) is 0 Å². The van der Waals surface area contributed by atoms with Crippen LogP contribution in [0.4, 0.5) is 5.13 Å². The van der Waals surface area contributed by atoms with Crippen molar-refractivity contribution in [3.05, 3.63) is 71.3 Å². The fourth-order valence-electron chi connectivity index (χ4n) is 2.81. The maximum Gasteiger partial charge on any atom is 0.249 e. The second-order valence-electron chi connectivity index (χ2n) is 7.02. The van der Waals surface area contributed by atoms with E-state index in [4.69, 9.17) is 11.6 Å². The second-order valence-corrected chi connectivity index (χ2v) is 8.44. The third-order valence-corrected chi connectivity index (χ3v) is 5.91. The minimum atomic E-state index is -0.694. The maximum atomic E-state index is 12.9. The summed E-state index contributed by atoms with van der Waals surface area (Å²) < 4.78 is 0. The van der Waals surface area contributed by atoms with Crippen molar-refractivity contribution >= 4 is 46.0 Å². The zero-order valence-corrected chi connectivity index (χ0v) is 18.8. The molecule has 1 heterocycles. The minimum Gasteiger partial charge on any atom is -0.340 e. The van der Waals surface area contributed by atoms with E-state index >= 15 is 0 Å². The molecular weight excluding hydrogens is 432 g/mol. The van der Waals surface area contributed by atoms with Crippen molar-refractivity contribution in [1.29, 1.82) is 0 Å². The summed E-state index contributed by atoms with van der Waals surface area (Å²) in [6.45, 7) is 3.89. The Bertz CT molecular complexity index is 1050. The van der Waals surface area contributed by atoms with Gasteiger partial charge in [-0.2, -0.15) is 0 Å². The first-order chi connectivity index (χ1) is 15.0. The summed E-state index contributed by atoms with van der Waals surface area (Å²) in [5, 5.41) is 15.4. The SMILES string of the molecule is CCC(C)C(NC(=O)C=Cc1ccccc1)C(=O)Nc1nnc(-c2ccc(Cl)cc2)s1. The lowest BCUT2D eigenvalue weighted by Gasteiger charge is -2.22. The molecule has 0 radical (unpaired) electrons. The van der Waals surface area contributed by atoms with Gasteiger partial charge in [-0.25, -0.2) is 0 Å². The smallest absolute Gasteiger partial charge is 0.249 e. The minimum absolute atomic E-state index is 0.0577. The number of halogens is 1. The Labute approximate surface area is 190 Å². The quantitative estimate of drug-likeness (QED) is 0.467. The van der Waals surface area contributed by atoms with E-state index in [0.717, 1.165) is 17.5 Å². The van der Waals surface area contributed by atoms with Gasteiger partial charge in [0.25, 0.3) is 0 Å². The maximum absolute atomic E-state index is 12.9. The summed E-state index contributed by atoms with van der Waals surface area (Å²) in [4.78, 5) is 25.3. The van der Waals surface area contributed by atoms with Crippen LogP contribution >= 0.6 is 22.9 Å². The van der Waals surface area contributed by atoms with Gasteiger partial charge in [0.2, 0.25) is 16.9 Å². The Morgan fingerprint density at radius 1 is 1.10 bits per heavy atom. The summed E-state index contributed by atoms with van der Waals surface area (Å²) in [6, 6.07) is 16.0. The van der Waals surface area contributed by atoms with Gasteiger partial charge in [-0.3, -0.25) is 14.9 Å². The standard InChI is InChI=1S/C23H23ClN4O2S/c1-3-15(2)20(25-19(29)14-9-16-7-5-4-6-8-16)21(30)26-23-28-27-22(31-23)17-10-12-18(24)13-11-17/h4-15,20H,3H2,1-2H3,(H,25,29)(H,26,28,30). The van der Waals surface area contributed by atoms with Crippen LogP contribution in [0.15, 0.2) is 60.7 Å². The van der Waals surface area contributed by atoms with E-state index in [2.05, 4.69) is 20.8 Å². The molecule has 0 saturated carbocycles. The van der Waals surface area contributed by atoms with E-state index < -0.39 is 6.04 Å². The van der Waals surface area contributed by atoms with E-state index in [0.29, 0.717) is 15.2 Å². The zero-order valence-electron chi connectivity index (χ0n) is 17.2. The lowest BCUT2D eigenvalue weighted by molar-refractivity contribution is -0.125. The summed E-state index contributed by atoms with van der Waals surface area (Å²) >= 11 is 7.18. The lowest BCUT2D eigenvalue weighted by Crippen LogP contribution is -2.47. The molecule has 3 aromatic rings. The Hall–Kier alpha value is -3.03. The summed E-state index contributed by atoms with van der Waals surface area (Å²) in [5.74, 6) is -0.712. The number of benzene rings is 2. The number of rotatable bonds is 8. The molecule has 160 valence electrons. The largest absolute Gasteiger partial charge is 0.340 e. The average molecular weight is 455 g/mol. The molecule has 31 heavy (non-hydrogen) atoms. The van der Waals surface area contributed by atoms with Crippen LogP contribution in [0, 0.1) is 5.92 Å². The number of hydrogen-bond donors (Lipinski definition) is 2. The third-order valence-electron chi connectivity index (χ3n) is 4.77. The van der Waals surface area contributed by atoms with Crippen molar-refractivity contribution < 1.29 is 9.59 Å². The summed E-state index contributed by atoms with van der Waals surface area (Å²) in [5.41, 5.74) is 1.77. The van der Waals surface area contributed by atoms with E-state index in [-0.39, 0.29) is 17.7 Å². The molecule has 2 unspecified atom stereocenters. The summed E-state index contributed by atoms with van der Waals surface area (Å²) in [6.07, 6.45) is 3.87. The number of aromatic nitrogens is 2. The highest BCUT2D eigenvalue weighted by Crippen LogP contribution is 2.27. The van der Waals surface area contributed by atoms with Crippen molar-refractivity contribution in [2.45, 2.75) is 26.3 Å². The molecule has 2 amide bonds. The molecule has 1 aromatic heterocycles. The Morgan fingerprint density at radius 3 is 2.48 bits per heavy atom. The zero-order chi connectivity index (χ0) is 22.2. The van der Waals surface area contributed by atoms with Crippen LogP contribution in [0.2, 0.25) is 5.02 Å². The number of nitrogens with zero attached hydrogens (tertiary/aromatic N) is 2. The van der Waals surface area contributed by atoms with Crippen LogP contribution in [0.3, 0.4) is 0 Å². The van der Waals surface area contributed by atoms with Crippen molar-refractivity contribution in [2.24, 2.45) is 5.92 Å². The predicted octanol–water partition coefficient (Wildman–Crippen LogP) is 5.04. The molecule has 0 fully saturated rings. The van der Waals surface area contributed by atoms with E-state index in [9.17, 15) is 9.59 Å². The van der Waals surface area contributed by atoms with Crippen LogP contribution in [0.1, 0.15) is 25.8 Å². The first kappa shape index (κ1) is 22.7. The monoisotopic (exact) mass is 454 g/mol. The van der Waals surface area contributed by atoms with Crippen LogP contribution in [0.5, 0.6) is 0 Å². The fourth-order valence-corrected chi connectivity index (χ4v) is 3.68. The molecule has 0 aliphatic rings. The van der Waals surface area contributed by atoms with Gasteiger partial charge in [0, 0.05) is 16.7 Å². The molecule has 0 aliphatic carbocycles. The number of nitrogens with one attached hydrogen (secondary N) is 2. The Kier molecular flexibility index (Phi) is 7.92. The second kappa shape index (κ2) is 10.8. The topological polar surface area (TPSA) is 84.0 Å². The van der Waals surface area contributed by atoms with Gasteiger partial charge in [0.1, 0.15) is 11.0 Å². The van der Waals surface area contributed by atoms with Gasteiger partial charge >= 0.3 is 0 Å². The molecule has 3 rings (SSSR count). The van der Waals surface area contributed by atoms with Crippen molar-refractivity contribution in [1.82, 2.24) is 15.5 Å². The first-order valence-corrected chi connectivity index (χ1v) is 11.1. The molecule has 0 aliphatic heterocycles. The van der Waals surface area contributed by atoms with Gasteiger partial charge in [-0.1, -0.05) is 85.7 Å². The van der Waals surface area contributed by atoms with E-state index in [1.165, 1.54) is 17.4 Å². The van der Waals surface area contributed by atoms with Crippen LogP contribution in [-0.2, 0) is 9.59 Å². The molecule has 0 bridgehead atoms. The molecule has 2 atom stereocenters. The predicted molar refractivity (Wildman–Crippen MR) is 126 cm³/mol. The molecule has 0 spiro atoms. The number of carbonyl (C=O) groups is 2. The fraction of sp³-hybridized carbons (Fsp3) is 0.217. The Morgan fingerprint density at radius 2 is 1.81 bits per heavy atom. The summed E-state index contributed by atoms with van der Waals surface area (Å²) in [7, 11) is 0. The van der Waals surface area contributed by atoms with Gasteiger partial charge < -0.3 is 5.32 Å². The molecule has 2 aromatic carbocycles. The lowest BCUT2D eigenvalue weighted by atomic mass is 9.98. The molecule has 0 saturated heterocycles. The molecule has 6 nitrogen and oxygen atoms in total. The third kappa shape index (κ3) is 6.47. The van der Waals surface area contributed by atoms with Crippen molar-refractivity contribution in [3.63, 3.8) is 0 Å². The normalized spacial score (nSPS) is 13.0. The molecule has 8 heteroatoms. The Balaban J connectivity index is 1.66. The van der Waals surface area contributed by atoms with Gasteiger partial charge in [-0.05, 0) is 29.7 Å². The van der Waals surface area contributed by atoms with Crippen LogP contribution in [-0.4, -0.2) is 28.1 Å². The first-order valence-electron chi connectivity index (χ1n) is 9.90. The number of hydrogen-bond acceptors (Lipinski definition) is 5. The van der Waals surface area contributed by atoms with Crippen LogP contribution < -0.4 is 10.6 Å². The van der Waals surface area contributed by atoms with E-state index in [1.54, 1.807) is 18.2 Å². The van der Waals surface area contributed by atoms with Crippen molar-refractivity contribution in [3.8, 4) is 10.6 Å². The average Bonchev–Trinajstić information content (AvgIpc) is 3.25. The highest BCUT2D eigenvalue weighted by atomic mass is 35.5. The number of amides is 2. The molecular formula is C23H23ClN4O2S. The van der Waals surface area contributed by atoms with Crippen LogP contribution in [0.25, 0.3) is 16.6 Å².